The minimum atomic E-state index is -3.59. The Kier molecular flexibility index (Phi) is 6.80. The molecule has 3 N–H and O–H groups in total. The fourth-order valence-electron chi connectivity index (χ4n) is 2.33. The summed E-state index contributed by atoms with van der Waals surface area (Å²) in [5.74, 6) is -0.869. The van der Waals surface area contributed by atoms with E-state index in [0.717, 1.165) is 20.6 Å². The Balaban J connectivity index is 2.20. The molecule has 0 saturated heterocycles. The molecule has 0 aliphatic carbocycles. The van der Waals surface area contributed by atoms with Crippen LogP contribution in [0, 0.1) is 0 Å². The molecule has 12 heteroatoms. The number of Topliss-reactive ketones (excluding diaryl/α,β-unsaturated/α-hetero) is 1. The molecular weight excluding hydrogens is 406 g/mol. The standard InChI is InChI=1S/C16H21N5O5S2/c1-4-7-21-14(17)13(15(23)19-16(21)24)11(22)9-27-12-6-5-10(8-18-12)28(25,26)20(2)3/h5-6,8H,4,7,9,17H2,1-3H3,(H,19,23,24). The van der Waals surface area contributed by atoms with E-state index >= 15 is 0 Å². The van der Waals surface area contributed by atoms with E-state index in [4.69, 9.17) is 5.73 Å². The van der Waals surface area contributed by atoms with Crippen molar-refractivity contribution in [2.75, 3.05) is 25.6 Å². The van der Waals surface area contributed by atoms with Gasteiger partial charge in [0.1, 0.15) is 16.3 Å². The Morgan fingerprint density at radius 3 is 2.54 bits per heavy atom. The minimum absolute atomic E-state index is 0.0282. The first-order valence-corrected chi connectivity index (χ1v) is 10.7. The molecule has 2 heterocycles. The number of sulfonamides is 1. The van der Waals surface area contributed by atoms with Crippen molar-refractivity contribution in [1.29, 1.82) is 0 Å². The molecule has 10 nitrogen and oxygen atoms in total. The number of anilines is 1. The number of nitrogen functional groups attached to an aromatic ring is 1. The van der Waals surface area contributed by atoms with Gasteiger partial charge in [0.25, 0.3) is 5.56 Å². The van der Waals surface area contributed by atoms with Crippen LogP contribution < -0.4 is 17.0 Å². The Morgan fingerprint density at radius 2 is 2.00 bits per heavy atom. The lowest BCUT2D eigenvalue weighted by Crippen LogP contribution is -2.36. The zero-order valence-electron chi connectivity index (χ0n) is 15.6. The average molecular weight is 428 g/mol. The Morgan fingerprint density at radius 1 is 1.32 bits per heavy atom. The van der Waals surface area contributed by atoms with Gasteiger partial charge in [0.05, 0.1) is 10.8 Å². The number of aromatic nitrogens is 3. The molecule has 152 valence electrons. The lowest BCUT2D eigenvalue weighted by Gasteiger charge is -2.11. The third-order valence-electron chi connectivity index (χ3n) is 3.80. The first-order valence-electron chi connectivity index (χ1n) is 8.26. The highest BCUT2D eigenvalue weighted by atomic mass is 32.2. The van der Waals surface area contributed by atoms with Gasteiger partial charge in [0.15, 0.2) is 5.78 Å². The van der Waals surface area contributed by atoms with Gasteiger partial charge in [-0.05, 0) is 18.6 Å². The highest BCUT2D eigenvalue weighted by Gasteiger charge is 2.20. The maximum absolute atomic E-state index is 12.5. The van der Waals surface area contributed by atoms with Crippen LogP contribution in [0.25, 0.3) is 0 Å². The van der Waals surface area contributed by atoms with Crippen LogP contribution in [0.2, 0.25) is 0 Å². The number of nitrogens with two attached hydrogens (primary N) is 1. The summed E-state index contributed by atoms with van der Waals surface area (Å²) in [6.07, 6.45) is 1.80. The van der Waals surface area contributed by atoms with Crippen LogP contribution in [0.3, 0.4) is 0 Å². The minimum Gasteiger partial charge on any atom is -0.384 e. The summed E-state index contributed by atoms with van der Waals surface area (Å²) in [5, 5.41) is 0.405. The molecular formula is C16H21N5O5S2. The molecule has 0 radical (unpaired) electrons. The molecule has 0 aliphatic rings. The van der Waals surface area contributed by atoms with E-state index in [1.54, 1.807) is 0 Å². The second-order valence-corrected chi connectivity index (χ2v) is 9.15. The number of carbonyl (C=O) groups excluding carboxylic acids is 1. The number of thioether (sulfide) groups is 1. The Bertz CT molecular complexity index is 1090. The normalized spacial score (nSPS) is 11.7. The van der Waals surface area contributed by atoms with Crippen molar-refractivity contribution < 1.29 is 13.2 Å². The van der Waals surface area contributed by atoms with Crippen molar-refractivity contribution >= 4 is 33.4 Å². The molecule has 0 spiro atoms. The highest BCUT2D eigenvalue weighted by molar-refractivity contribution is 7.99. The second kappa shape index (κ2) is 8.71. The molecule has 2 rings (SSSR count). The van der Waals surface area contributed by atoms with E-state index in [0.29, 0.717) is 11.4 Å². The summed E-state index contributed by atoms with van der Waals surface area (Å²) >= 11 is 1.03. The van der Waals surface area contributed by atoms with Crippen molar-refractivity contribution in [3.05, 3.63) is 44.7 Å². The maximum atomic E-state index is 12.5. The largest absolute Gasteiger partial charge is 0.384 e. The summed E-state index contributed by atoms with van der Waals surface area (Å²) in [7, 11) is -0.767. The Hall–Kier alpha value is -2.44. The van der Waals surface area contributed by atoms with Gasteiger partial charge in [-0.3, -0.25) is 19.1 Å². The van der Waals surface area contributed by atoms with E-state index in [1.807, 2.05) is 6.92 Å². The van der Waals surface area contributed by atoms with Crippen molar-refractivity contribution in [2.24, 2.45) is 0 Å². The fourth-order valence-corrected chi connectivity index (χ4v) is 3.89. The van der Waals surface area contributed by atoms with Crippen molar-refractivity contribution in [3.8, 4) is 0 Å². The molecule has 2 aromatic heterocycles. The number of aromatic amines is 1. The molecule has 0 aliphatic heterocycles. The van der Waals surface area contributed by atoms with Gasteiger partial charge in [-0.25, -0.2) is 22.5 Å². The molecule has 0 aromatic carbocycles. The van der Waals surface area contributed by atoms with Crippen LogP contribution in [-0.4, -0.2) is 52.9 Å². The van der Waals surface area contributed by atoms with Crippen LogP contribution in [0.15, 0.2) is 37.8 Å². The van der Waals surface area contributed by atoms with Gasteiger partial charge in [-0.2, -0.15) is 0 Å². The first-order chi connectivity index (χ1) is 13.1. The summed E-state index contributed by atoms with van der Waals surface area (Å²) in [6, 6.07) is 2.86. The number of H-pyrrole nitrogens is 1. The van der Waals surface area contributed by atoms with Gasteiger partial charge in [0, 0.05) is 26.8 Å². The molecule has 0 unspecified atom stereocenters. The monoisotopic (exact) mass is 427 g/mol. The number of ketones is 1. The number of hydrogen-bond acceptors (Lipinski definition) is 8. The van der Waals surface area contributed by atoms with Crippen LogP contribution in [0.5, 0.6) is 0 Å². The van der Waals surface area contributed by atoms with Crippen LogP contribution in [0.4, 0.5) is 5.82 Å². The topological polar surface area (TPSA) is 148 Å². The SMILES string of the molecule is CCCn1c(N)c(C(=O)CSc2ccc(S(=O)(=O)N(C)C)cn2)c(=O)[nH]c1=O. The lowest BCUT2D eigenvalue weighted by atomic mass is 10.2. The van der Waals surface area contributed by atoms with Gasteiger partial charge >= 0.3 is 5.69 Å². The quantitative estimate of drug-likeness (QED) is 0.447. The van der Waals surface area contributed by atoms with E-state index in [1.165, 1.54) is 32.4 Å². The third-order valence-corrected chi connectivity index (χ3v) is 6.55. The fraction of sp³-hybridized carbons (Fsp3) is 0.375. The van der Waals surface area contributed by atoms with E-state index < -0.39 is 27.1 Å². The summed E-state index contributed by atoms with van der Waals surface area (Å²) in [5.41, 5.74) is 4.10. The smallest absolute Gasteiger partial charge is 0.329 e. The molecule has 0 saturated carbocycles. The van der Waals surface area contributed by atoms with Crippen molar-refractivity contribution in [3.63, 3.8) is 0 Å². The van der Waals surface area contributed by atoms with Gasteiger partial charge in [0.2, 0.25) is 10.0 Å². The molecule has 0 fully saturated rings. The second-order valence-electron chi connectivity index (χ2n) is 6.00. The van der Waals surface area contributed by atoms with E-state index in [-0.39, 0.29) is 28.6 Å². The third kappa shape index (κ3) is 4.51. The van der Waals surface area contributed by atoms with Gasteiger partial charge in [-0.1, -0.05) is 18.7 Å². The molecule has 0 amide bonds. The highest BCUT2D eigenvalue weighted by Crippen LogP contribution is 2.20. The summed E-state index contributed by atoms with van der Waals surface area (Å²) in [6.45, 7) is 2.11. The predicted molar refractivity (Wildman–Crippen MR) is 106 cm³/mol. The average Bonchev–Trinajstić information content (AvgIpc) is 2.63. The number of nitrogens with zero attached hydrogens (tertiary/aromatic N) is 3. The first kappa shape index (κ1) is 21.9. The van der Waals surface area contributed by atoms with Gasteiger partial charge in [-0.15, -0.1) is 0 Å². The lowest BCUT2D eigenvalue weighted by molar-refractivity contribution is 0.102. The van der Waals surface area contributed by atoms with E-state index in [2.05, 4.69) is 9.97 Å². The number of hydrogen-bond donors (Lipinski definition) is 2. The molecule has 2 aromatic rings. The molecule has 0 atom stereocenters. The number of rotatable bonds is 8. The van der Waals surface area contributed by atoms with Crippen LogP contribution in [-0.2, 0) is 16.6 Å². The zero-order valence-corrected chi connectivity index (χ0v) is 17.3. The molecule has 0 bridgehead atoms. The van der Waals surface area contributed by atoms with E-state index in [9.17, 15) is 22.8 Å². The number of nitrogens with one attached hydrogen (secondary N) is 1. The number of pyridine rings is 1. The summed E-state index contributed by atoms with van der Waals surface area (Å²) < 4.78 is 26.3. The van der Waals surface area contributed by atoms with Crippen LogP contribution >= 0.6 is 11.8 Å². The van der Waals surface area contributed by atoms with Crippen molar-refractivity contribution in [2.45, 2.75) is 29.8 Å². The number of carbonyl (C=O) groups is 1. The summed E-state index contributed by atoms with van der Waals surface area (Å²) in [4.78, 5) is 42.5. The zero-order chi connectivity index (χ0) is 21.1. The molecule has 28 heavy (non-hydrogen) atoms. The van der Waals surface area contributed by atoms with Gasteiger partial charge < -0.3 is 5.73 Å². The predicted octanol–water partition coefficient (Wildman–Crippen LogP) is 0.149. The maximum Gasteiger partial charge on any atom is 0.329 e. The van der Waals surface area contributed by atoms with Crippen LogP contribution in [0.1, 0.15) is 23.7 Å². The van der Waals surface area contributed by atoms with Crippen molar-refractivity contribution in [1.82, 2.24) is 18.8 Å². The Labute approximate surface area is 165 Å².